The molecule has 2 heterocycles. The molecule has 5 nitrogen and oxygen atoms in total. The number of hydrogen-bond acceptors (Lipinski definition) is 4. The summed E-state index contributed by atoms with van der Waals surface area (Å²) in [6, 6.07) is 1.76. The Morgan fingerprint density at radius 3 is 2.79 bits per heavy atom. The van der Waals surface area contributed by atoms with Gasteiger partial charge >= 0.3 is 0 Å². The van der Waals surface area contributed by atoms with Crippen LogP contribution >= 0.6 is 12.2 Å². The van der Waals surface area contributed by atoms with Crippen LogP contribution in [-0.4, -0.2) is 24.7 Å². The topological polar surface area (TPSA) is 59.4 Å². The molecule has 2 aromatic rings. The van der Waals surface area contributed by atoms with Crippen molar-refractivity contribution in [3.8, 4) is 11.6 Å². The van der Waals surface area contributed by atoms with Crippen LogP contribution in [0.1, 0.15) is 6.92 Å². The van der Waals surface area contributed by atoms with Crippen molar-refractivity contribution in [2.75, 3.05) is 0 Å². The van der Waals surface area contributed by atoms with Crippen LogP contribution in [0, 0.1) is 4.77 Å². The van der Waals surface area contributed by atoms with Gasteiger partial charge in [-0.15, -0.1) is 0 Å². The van der Waals surface area contributed by atoms with Gasteiger partial charge in [0.15, 0.2) is 16.4 Å². The first-order chi connectivity index (χ1) is 6.83. The highest BCUT2D eigenvalue weighted by Gasteiger charge is 2.08. The van der Waals surface area contributed by atoms with Crippen LogP contribution in [0.3, 0.4) is 0 Å². The SMILES string of the molecule is CCn1c(-c2ncccn2)n[nH]c1=S. The Morgan fingerprint density at radius 2 is 2.14 bits per heavy atom. The van der Waals surface area contributed by atoms with E-state index >= 15 is 0 Å². The number of nitrogens with zero attached hydrogens (tertiary/aromatic N) is 4. The summed E-state index contributed by atoms with van der Waals surface area (Å²) in [6.07, 6.45) is 3.36. The van der Waals surface area contributed by atoms with Crippen LogP contribution in [0.25, 0.3) is 11.6 Å². The molecule has 0 saturated heterocycles. The van der Waals surface area contributed by atoms with Crippen molar-refractivity contribution in [1.82, 2.24) is 24.7 Å². The maximum absolute atomic E-state index is 5.06. The van der Waals surface area contributed by atoms with Gasteiger partial charge in [-0.05, 0) is 25.2 Å². The minimum absolute atomic E-state index is 0.585. The molecule has 0 aromatic carbocycles. The standard InChI is InChI=1S/C8H9N5S/c1-2-13-7(11-12-8(13)14)6-9-4-3-5-10-6/h3-5H,2H2,1H3,(H,12,14). The highest BCUT2D eigenvalue weighted by atomic mass is 32.1. The summed E-state index contributed by atoms with van der Waals surface area (Å²) in [4.78, 5) is 8.22. The van der Waals surface area contributed by atoms with Crippen molar-refractivity contribution in [3.63, 3.8) is 0 Å². The van der Waals surface area contributed by atoms with E-state index < -0.39 is 0 Å². The second-order valence-corrected chi connectivity index (χ2v) is 3.06. The Balaban J connectivity index is 2.57. The van der Waals surface area contributed by atoms with Gasteiger partial charge in [-0.1, -0.05) is 0 Å². The average molecular weight is 207 g/mol. The molecule has 14 heavy (non-hydrogen) atoms. The van der Waals surface area contributed by atoms with Crippen LogP contribution in [0.5, 0.6) is 0 Å². The second kappa shape index (κ2) is 3.67. The van der Waals surface area contributed by atoms with Crippen molar-refractivity contribution in [2.24, 2.45) is 0 Å². The monoisotopic (exact) mass is 207 g/mol. The van der Waals surface area contributed by atoms with Gasteiger partial charge in [-0.2, -0.15) is 5.10 Å². The molecule has 0 aliphatic heterocycles. The molecule has 0 aliphatic carbocycles. The molecule has 0 spiro atoms. The molecule has 72 valence electrons. The van der Waals surface area contributed by atoms with E-state index in [2.05, 4.69) is 20.2 Å². The van der Waals surface area contributed by atoms with Gasteiger partial charge < -0.3 is 0 Å². The Hall–Kier alpha value is -1.56. The zero-order valence-corrected chi connectivity index (χ0v) is 8.45. The van der Waals surface area contributed by atoms with Gasteiger partial charge in [0.05, 0.1) is 0 Å². The van der Waals surface area contributed by atoms with E-state index in [1.807, 2.05) is 11.5 Å². The first kappa shape index (κ1) is 9.01. The summed E-state index contributed by atoms with van der Waals surface area (Å²) in [6.45, 7) is 2.75. The predicted molar refractivity (Wildman–Crippen MR) is 54.1 cm³/mol. The fourth-order valence-corrected chi connectivity index (χ4v) is 1.46. The van der Waals surface area contributed by atoms with E-state index in [-0.39, 0.29) is 0 Å². The molecular formula is C8H9N5S. The molecule has 2 rings (SSSR count). The molecule has 6 heteroatoms. The Morgan fingerprint density at radius 1 is 1.43 bits per heavy atom. The lowest BCUT2D eigenvalue weighted by Crippen LogP contribution is -2.00. The molecule has 1 N–H and O–H groups in total. The number of H-pyrrole nitrogens is 1. The van der Waals surface area contributed by atoms with E-state index in [9.17, 15) is 0 Å². The van der Waals surface area contributed by atoms with Crippen molar-refractivity contribution in [1.29, 1.82) is 0 Å². The second-order valence-electron chi connectivity index (χ2n) is 2.67. The fraction of sp³-hybridized carbons (Fsp3) is 0.250. The van der Waals surface area contributed by atoms with Gasteiger partial charge in [0, 0.05) is 18.9 Å². The average Bonchev–Trinajstić information content (AvgIpc) is 2.61. The van der Waals surface area contributed by atoms with E-state index in [4.69, 9.17) is 12.2 Å². The van der Waals surface area contributed by atoms with E-state index in [0.29, 0.717) is 16.4 Å². The summed E-state index contributed by atoms with van der Waals surface area (Å²) in [5.74, 6) is 1.26. The number of rotatable bonds is 2. The quantitative estimate of drug-likeness (QED) is 0.756. The van der Waals surface area contributed by atoms with Crippen molar-refractivity contribution in [3.05, 3.63) is 23.2 Å². The lowest BCUT2D eigenvalue weighted by Gasteiger charge is -2.00. The summed E-state index contributed by atoms with van der Waals surface area (Å²) in [5, 5.41) is 6.80. The van der Waals surface area contributed by atoms with Crippen molar-refractivity contribution in [2.45, 2.75) is 13.5 Å². The molecule has 0 atom stereocenters. The van der Waals surface area contributed by atoms with E-state index in [1.165, 1.54) is 0 Å². The molecule has 0 radical (unpaired) electrons. The summed E-state index contributed by atoms with van der Waals surface area (Å²) in [7, 11) is 0. The highest BCUT2D eigenvalue weighted by Crippen LogP contribution is 2.10. The molecular weight excluding hydrogens is 198 g/mol. The predicted octanol–water partition coefficient (Wildman–Crippen LogP) is 1.42. The number of hydrogen-bond donors (Lipinski definition) is 1. The molecule has 0 fully saturated rings. The minimum atomic E-state index is 0.585. The van der Waals surface area contributed by atoms with Gasteiger partial charge in [0.25, 0.3) is 0 Å². The molecule has 2 aromatic heterocycles. The Bertz CT molecular complexity index is 472. The first-order valence-corrected chi connectivity index (χ1v) is 4.66. The van der Waals surface area contributed by atoms with Crippen LogP contribution in [0.4, 0.5) is 0 Å². The number of nitrogens with one attached hydrogen (secondary N) is 1. The number of aromatic amines is 1. The van der Waals surface area contributed by atoms with Crippen LogP contribution < -0.4 is 0 Å². The van der Waals surface area contributed by atoms with Crippen molar-refractivity contribution < 1.29 is 0 Å². The first-order valence-electron chi connectivity index (χ1n) is 4.25. The van der Waals surface area contributed by atoms with Gasteiger partial charge in [0.1, 0.15) is 0 Å². The summed E-state index contributed by atoms with van der Waals surface area (Å²) < 4.78 is 2.44. The normalized spacial score (nSPS) is 10.4. The lowest BCUT2D eigenvalue weighted by atomic mass is 10.5. The molecule has 0 unspecified atom stereocenters. The zero-order valence-electron chi connectivity index (χ0n) is 7.64. The van der Waals surface area contributed by atoms with Crippen LogP contribution in [0.15, 0.2) is 18.5 Å². The third-order valence-corrected chi connectivity index (χ3v) is 2.15. The zero-order chi connectivity index (χ0) is 9.97. The minimum Gasteiger partial charge on any atom is -0.298 e. The number of aromatic nitrogens is 5. The van der Waals surface area contributed by atoms with E-state index in [0.717, 1.165) is 6.54 Å². The fourth-order valence-electron chi connectivity index (χ4n) is 1.20. The smallest absolute Gasteiger partial charge is 0.200 e. The van der Waals surface area contributed by atoms with Crippen molar-refractivity contribution >= 4 is 12.2 Å². The molecule has 0 bridgehead atoms. The van der Waals surface area contributed by atoms with Crippen LogP contribution in [0.2, 0.25) is 0 Å². The summed E-state index contributed by atoms with van der Waals surface area (Å²) in [5.41, 5.74) is 0. The third-order valence-electron chi connectivity index (χ3n) is 1.84. The van der Waals surface area contributed by atoms with Gasteiger partial charge in [0.2, 0.25) is 0 Å². The lowest BCUT2D eigenvalue weighted by molar-refractivity contribution is 0.750. The Kier molecular flexibility index (Phi) is 2.36. The highest BCUT2D eigenvalue weighted by molar-refractivity contribution is 7.71. The molecule has 0 aliphatic rings. The Labute approximate surface area is 85.8 Å². The maximum Gasteiger partial charge on any atom is 0.200 e. The third kappa shape index (κ3) is 1.44. The molecule has 0 saturated carbocycles. The molecule has 0 amide bonds. The maximum atomic E-state index is 5.06. The largest absolute Gasteiger partial charge is 0.298 e. The van der Waals surface area contributed by atoms with Gasteiger partial charge in [-0.3, -0.25) is 9.67 Å². The summed E-state index contributed by atoms with van der Waals surface area (Å²) >= 11 is 5.06. The van der Waals surface area contributed by atoms with Crippen LogP contribution in [-0.2, 0) is 6.54 Å². The van der Waals surface area contributed by atoms with Gasteiger partial charge in [-0.25, -0.2) is 9.97 Å². The van der Waals surface area contributed by atoms with E-state index in [1.54, 1.807) is 18.5 Å².